The van der Waals surface area contributed by atoms with Crippen LogP contribution >= 0.6 is 7.51 Å². The Morgan fingerprint density at radius 2 is 1.91 bits per heavy atom. The zero-order valence-corrected chi connectivity index (χ0v) is 8.49. The van der Waals surface area contributed by atoms with Gasteiger partial charge in [-0.3, -0.25) is 20.4 Å². The number of nitrogens with two attached hydrogens (primary N) is 1. The first kappa shape index (κ1) is 11.1. The summed E-state index contributed by atoms with van der Waals surface area (Å²) < 4.78 is 4.35. The molecule has 0 aliphatic carbocycles. The fraction of sp³-hybridized carbons (Fsp3) is 1.00. The topological polar surface area (TPSA) is 62.4 Å². The SMILES string of the molecule is CCCCN=P(N)(NC)NC. The fourth-order valence-electron chi connectivity index (χ4n) is 0.640. The molecule has 0 saturated carbocycles. The first-order valence-corrected chi connectivity index (χ1v) is 5.74. The molecule has 0 aliphatic heterocycles. The van der Waals surface area contributed by atoms with Crippen LogP contribution in [-0.2, 0) is 0 Å². The predicted molar refractivity (Wildman–Crippen MR) is 51.4 cm³/mol. The van der Waals surface area contributed by atoms with Gasteiger partial charge in [-0.1, -0.05) is 13.3 Å². The van der Waals surface area contributed by atoms with Crippen molar-refractivity contribution in [2.24, 2.45) is 10.2 Å². The van der Waals surface area contributed by atoms with Crippen molar-refractivity contribution < 1.29 is 0 Å². The Morgan fingerprint density at radius 3 is 2.27 bits per heavy atom. The van der Waals surface area contributed by atoms with Crippen molar-refractivity contribution in [1.82, 2.24) is 10.2 Å². The summed E-state index contributed by atoms with van der Waals surface area (Å²) in [6.07, 6.45) is 2.28. The molecule has 0 saturated heterocycles. The highest BCUT2D eigenvalue weighted by Gasteiger charge is 2.03. The number of rotatable bonds is 5. The van der Waals surface area contributed by atoms with E-state index in [0.29, 0.717) is 0 Å². The van der Waals surface area contributed by atoms with Gasteiger partial charge in [0.15, 0.2) is 7.51 Å². The maximum Gasteiger partial charge on any atom is 0.156 e. The molecule has 4 nitrogen and oxygen atoms in total. The maximum absolute atomic E-state index is 5.86. The first-order valence-electron chi connectivity index (χ1n) is 3.93. The van der Waals surface area contributed by atoms with Gasteiger partial charge >= 0.3 is 0 Å². The molecule has 5 heteroatoms. The smallest absolute Gasteiger partial charge is 0.156 e. The molecule has 0 spiro atoms. The molecule has 0 unspecified atom stereocenters. The van der Waals surface area contributed by atoms with Crippen LogP contribution in [0.4, 0.5) is 0 Å². The fourth-order valence-corrected chi connectivity index (χ4v) is 1.60. The minimum Gasteiger partial charge on any atom is -0.274 e. The molecule has 4 N–H and O–H groups in total. The molecule has 0 aliphatic rings. The van der Waals surface area contributed by atoms with Gasteiger partial charge in [0.2, 0.25) is 0 Å². The standard InChI is InChI=1S/C6H19N4P/c1-4-5-6-10-11(7,8-2)9-3/h8-9H,4-7H2,1-3H3. The lowest BCUT2D eigenvalue weighted by Gasteiger charge is -2.16. The van der Waals surface area contributed by atoms with Gasteiger partial charge in [-0.15, -0.1) is 0 Å². The van der Waals surface area contributed by atoms with E-state index in [-0.39, 0.29) is 0 Å². The van der Waals surface area contributed by atoms with Gasteiger partial charge in [-0.05, 0) is 20.5 Å². The Hall–Kier alpha value is 0.110. The van der Waals surface area contributed by atoms with Crippen molar-refractivity contribution in [2.45, 2.75) is 19.8 Å². The summed E-state index contributed by atoms with van der Waals surface area (Å²) in [5.41, 5.74) is 5.86. The molecule has 0 aromatic carbocycles. The van der Waals surface area contributed by atoms with Gasteiger partial charge in [-0.2, -0.15) is 0 Å². The molecule has 0 radical (unpaired) electrons. The second-order valence-corrected chi connectivity index (χ2v) is 4.90. The van der Waals surface area contributed by atoms with Crippen LogP contribution in [-0.4, -0.2) is 20.6 Å². The van der Waals surface area contributed by atoms with E-state index in [1.165, 1.54) is 0 Å². The molecular formula is C6H19N4P. The van der Waals surface area contributed by atoms with E-state index in [1.54, 1.807) is 0 Å². The molecular weight excluding hydrogens is 159 g/mol. The second-order valence-electron chi connectivity index (χ2n) is 2.35. The third-order valence-electron chi connectivity index (χ3n) is 1.52. The minimum absolute atomic E-state index is 0.850. The quantitative estimate of drug-likeness (QED) is 0.437. The summed E-state index contributed by atoms with van der Waals surface area (Å²) in [5, 5.41) is 6.00. The van der Waals surface area contributed by atoms with Gasteiger partial charge in [0.25, 0.3) is 0 Å². The van der Waals surface area contributed by atoms with Gasteiger partial charge in [-0.25, -0.2) is 0 Å². The van der Waals surface area contributed by atoms with Gasteiger partial charge in [0, 0.05) is 6.54 Å². The molecule has 0 atom stereocenters. The Bertz CT molecular complexity index is 138. The van der Waals surface area contributed by atoms with Gasteiger partial charge in [0.05, 0.1) is 0 Å². The van der Waals surface area contributed by atoms with Crippen molar-refractivity contribution in [2.75, 3.05) is 20.6 Å². The van der Waals surface area contributed by atoms with Crippen molar-refractivity contribution in [3.8, 4) is 0 Å². The molecule has 0 aromatic heterocycles. The number of nitrogens with zero attached hydrogens (tertiary/aromatic N) is 1. The highest BCUT2D eigenvalue weighted by molar-refractivity contribution is 7.59. The molecule has 68 valence electrons. The monoisotopic (exact) mass is 178 g/mol. The average molecular weight is 178 g/mol. The Kier molecular flexibility index (Phi) is 5.78. The molecule has 0 amide bonds. The summed E-state index contributed by atoms with van der Waals surface area (Å²) in [7, 11) is 1.83. The molecule has 0 heterocycles. The van der Waals surface area contributed by atoms with E-state index in [4.69, 9.17) is 5.50 Å². The lowest BCUT2D eigenvalue weighted by atomic mass is 10.3. The summed E-state index contributed by atoms with van der Waals surface area (Å²) in [5.74, 6) is 0. The summed E-state index contributed by atoms with van der Waals surface area (Å²) in [4.78, 5) is 0. The first-order chi connectivity index (χ1) is 5.18. The van der Waals surface area contributed by atoms with Crippen LogP contribution in [0.1, 0.15) is 19.8 Å². The van der Waals surface area contributed by atoms with Gasteiger partial charge < -0.3 is 0 Å². The van der Waals surface area contributed by atoms with Gasteiger partial charge in [0.1, 0.15) is 0 Å². The summed E-state index contributed by atoms with van der Waals surface area (Å²) >= 11 is 0. The number of unbranched alkanes of at least 4 members (excludes halogenated alkanes) is 1. The zero-order valence-electron chi connectivity index (χ0n) is 7.59. The lowest BCUT2D eigenvalue weighted by Crippen LogP contribution is -2.22. The van der Waals surface area contributed by atoms with Crippen LogP contribution in [0.5, 0.6) is 0 Å². The normalized spacial score (nSPS) is 11.6. The van der Waals surface area contributed by atoms with Crippen molar-refractivity contribution >= 4 is 7.51 Å². The number of hydrogen-bond acceptors (Lipinski definition) is 1. The Balaban J connectivity index is 3.90. The third-order valence-corrected chi connectivity index (χ3v) is 3.53. The van der Waals surface area contributed by atoms with E-state index in [1.807, 2.05) is 14.1 Å². The van der Waals surface area contributed by atoms with E-state index in [2.05, 4.69) is 21.8 Å². The van der Waals surface area contributed by atoms with Crippen LogP contribution < -0.4 is 15.7 Å². The molecule has 0 rings (SSSR count). The number of hydrogen-bond donors (Lipinski definition) is 3. The third kappa shape index (κ3) is 4.53. The highest BCUT2D eigenvalue weighted by Crippen LogP contribution is 2.27. The minimum atomic E-state index is -1.84. The molecule has 0 bridgehead atoms. The summed E-state index contributed by atoms with van der Waals surface area (Å²) in [6, 6.07) is 0. The molecule has 0 aromatic rings. The molecule has 0 fully saturated rings. The van der Waals surface area contributed by atoms with Crippen molar-refractivity contribution in [3.63, 3.8) is 0 Å². The molecule has 11 heavy (non-hydrogen) atoms. The predicted octanol–water partition coefficient (Wildman–Crippen LogP) is 1.13. The largest absolute Gasteiger partial charge is 0.274 e. The average Bonchev–Trinajstić information content (AvgIpc) is 2.05. The van der Waals surface area contributed by atoms with Crippen LogP contribution in [0.15, 0.2) is 4.74 Å². The zero-order chi connectivity index (χ0) is 8.74. The van der Waals surface area contributed by atoms with Crippen LogP contribution in [0.2, 0.25) is 0 Å². The van der Waals surface area contributed by atoms with Crippen molar-refractivity contribution in [1.29, 1.82) is 0 Å². The Labute approximate surface area is 69.2 Å². The van der Waals surface area contributed by atoms with E-state index >= 15 is 0 Å². The van der Waals surface area contributed by atoms with E-state index < -0.39 is 7.51 Å². The van der Waals surface area contributed by atoms with E-state index in [9.17, 15) is 0 Å². The maximum atomic E-state index is 5.86. The summed E-state index contributed by atoms with van der Waals surface area (Å²) in [6.45, 7) is 2.99. The van der Waals surface area contributed by atoms with Crippen LogP contribution in [0.25, 0.3) is 0 Å². The van der Waals surface area contributed by atoms with Crippen molar-refractivity contribution in [3.05, 3.63) is 0 Å². The van der Waals surface area contributed by atoms with E-state index in [0.717, 1.165) is 19.4 Å². The van der Waals surface area contributed by atoms with Crippen LogP contribution in [0, 0.1) is 0 Å². The number of nitrogens with one attached hydrogen (secondary N) is 2. The van der Waals surface area contributed by atoms with Crippen LogP contribution in [0.3, 0.4) is 0 Å². The highest BCUT2D eigenvalue weighted by atomic mass is 31.2. The lowest BCUT2D eigenvalue weighted by molar-refractivity contribution is 0.807. The Morgan fingerprint density at radius 1 is 1.36 bits per heavy atom. The second kappa shape index (κ2) is 5.72.